The first-order valence-corrected chi connectivity index (χ1v) is 8.48. The summed E-state index contributed by atoms with van der Waals surface area (Å²) in [5, 5.41) is 11.9. The van der Waals surface area contributed by atoms with E-state index in [0.29, 0.717) is 16.0 Å². The molecule has 0 radical (unpaired) electrons. The maximum absolute atomic E-state index is 11.8. The number of carbonyl (C=O) groups is 1. The van der Waals surface area contributed by atoms with Crippen LogP contribution in [0.4, 0.5) is 4.79 Å². The maximum Gasteiger partial charge on any atom is 0.407 e. The molecule has 0 bridgehead atoms. The summed E-state index contributed by atoms with van der Waals surface area (Å²) in [7, 11) is 0. The molecule has 1 saturated carbocycles. The van der Waals surface area contributed by atoms with Crippen LogP contribution < -0.4 is 10.1 Å². The van der Waals surface area contributed by atoms with Crippen LogP contribution in [0.2, 0.25) is 0 Å². The molecule has 0 aromatic carbocycles. The second-order valence-electron chi connectivity index (χ2n) is 6.65. The molecule has 0 saturated heterocycles. The van der Waals surface area contributed by atoms with Crippen molar-refractivity contribution in [2.75, 3.05) is 0 Å². The summed E-state index contributed by atoms with van der Waals surface area (Å²) >= 11 is 3.35. The molecule has 2 N–H and O–H groups in total. The van der Waals surface area contributed by atoms with E-state index in [1.165, 1.54) is 0 Å². The minimum Gasteiger partial charge on any atom is -0.488 e. The molecule has 1 aromatic rings. The average Bonchev–Trinajstić information content (AvgIpc) is 2.86. The second-order valence-corrected chi connectivity index (χ2v) is 7.40. The fourth-order valence-corrected chi connectivity index (χ4v) is 2.92. The van der Waals surface area contributed by atoms with Gasteiger partial charge < -0.3 is 19.9 Å². The summed E-state index contributed by atoms with van der Waals surface area (Å²) in [6.45, 7) is 5.42. The van der Waals surface area contributed by atoms with Crippen LogP contribution in [0.25, 0.3) is 0 Å². The largest absolute Gasteiger partial charge is 0.488 e. The van der Waals surface area contributed by atoms with E-state index < -0.39 is 11.7 Å². The first-order valence-electron chi connectivity index (χ1n) is 7.69. The van der Waals surface area contributed by atoms with E-state index in [9.17, 15) is 4.79 Å². The van der Waals surface area contributed by atoms with Gasteiger partial charge in [-0.2, -0.15) is 0 Å². The summed E-state index contributed by atoms with van der Waals surface area (Å²) in [5.41, 5.74) is 0.0870. The number of amides is 1. The van der Waals surface area contributed by atoms with Crippen LogP contribution in [0.3, 0.4) is 0 Å². The van der Waals surface area contributed by atoms with Crippen LogP contribution in [0.1, 0.15) is 45.7 Å². The topological polar surface area (TPSA) is 80.7 Å². The lowest BCUT2D eigenvalue weighted by molar-refractivity contribution is 0.0503. The number of aliphatic hydroxyl groups excluding tert-OH is 1. The fraction of sp³-hybridized carbons (Fsp3) is 0.625. The number of aliphatic hydroxyl groups is 1. The van der Waals surface area contributed by atoms with Crippen LogP contribution in [0, 0.1) is 0 Å². The van der Waals surface area contributed by atoms with Gasteiger partial charge in [-0.3, -0.25) is 0 Å². The molecular formula is C16H23BrN2O4. The van der Waals surface area contributed by atoms with Gasteiger partial charge in [0.1, 0.15) is 16.3 Å². The number of alkyl carbamates (subject to hydrolysis) is 1. The normalized spacial score (nSPS) is 21.1. The number of carbonyl (C=O) groups excluding carboxylic acids is 1. The molecule has 128 valence electrons. The van der Waals surface area contributed by atoms with E-state index in [1.807, 2.05) is 20.8 Å². The lowest BCUT2D eigenvalue weighted by Gasteiger charge is -2.21. The van der Waals surface area contributed by atoms with Crippen molar-refractivity contribution in [2.24, 2.45) is 0 Å². The fourth-order valence-electron chi connectivity index (χ4n) is 2.47. The monoisotopic (exact) mass is 386 g/mol. The van der Waals surface area contributed by atoms with Gasteiger partial charge in [0.25, 0.3) is 0 Å². The van der Waals surface area contributed by atoms with Crippen LogP contribution in [0.15, 0.2) is 16.7 Å². The van der Waals surface area contributed by atoms with Gasteiger partial charge in [0.15, 0.2) is 5.75 Å². The van der Waals surface area contributed by atoms with Gasteiger partial charge in [-0.1, -0.05) is 0 Å². The molecule has 0 aliphatic heterocycles. The third-order valence-corrected chi connectivity index (χ3v) is 4.00. The Morgan fingerprint density at radius 2 is 2.17 bits per heavy atom. The van der Waals surface area contributed by atoms with Gasteiger partial charge in [0, 0.05) is 12.5 Å². The molecule has 2 atom stereocenters. The average molecular weight is 387 g/mol. The highest BCUT2D eigenvalue weighted by molar-refractivity contribution is 9.10. The Morgan fingerprint density at radius 3 is 2.78 bits per heavy atom. The minimum absolute atomic E-state index is 0.0213. The van der Waals surface area contributed by atoms with E-state index in [-0.39, 0.29) is 18.8 Å². The lowest BCUT2D eigenvalue weighted by atomic mass is 10.2. The van der Waals surface area contributed by atoms with Gasteiger partial charge in [-0.05, 0) is 61.7 Å². The zero-order valence-electron chi connectivity index (χ0n) is 13.6. The van der Waals surface area contributed by atoms with Gasteiger partial charge in [0.05, 0.1) is 12.3 Å². The zero-order valence-corrected chi connectivity index (χ0v) is 15.2. The third kappa shape index (κ3) is 5.66. The van der Waals surface area contributed by atoms with Crippen molar-refractivity contribution in [1.82, 2.24) is 10.3 Å². The van der Waals surface area contributed by atoms with Crippen LogP contribution >= 0.6 is 15.9 Å². The van der Waals surface area contributed by atoms with Gasteiger partial charge in [0.2, 0.25) is 0 Å². The van der Waals surface area contributed by atoms with Crippen LogP contribution in [-0.2, 0) is 11.3 Å². The van der Waals surface area contributed by atoms with E-state index in [4.69, 9.17) is 14.6 Å². The van der Waals surface area contributed by atoms with Gasteiger partial charge >= 0.3 is 6.09 Å². The number of hydrogen-bond donors (Lipinski definition) is 2. The predicted molar refractivity (Wildman–Crippen MR) is 89.3 cm³/mol. The van der Waals surface area contributed by atoms with Crippen molar-refractivity contribution in [3.63, 3.8) is 0 Å². The molecule has 0 unspecified atom stereocenters. The summed E-state index contributed by atoms with van der Waals surface area (Å²) < 4.78 is 11.8. The van der Waals surface area contributed by atoms with Crippen LogP contribution in [-0.4, -0.2) is 33.9 Å². The Kier molecular flexibility index (Phi) is 5.86. The summed E-state index contributed by atoms with van der Waals surface area (Å²) in [5.74, 6) is 0.644. The zero-order chi connectivity index (χ0) is 17.0. The van der Waals surface area contributed by atoms with Gasteiger partial charge in [-0.25, -0.2) is 9.78 Å². The molecule has 23 heavy (non-hydrogen) atoms. The molecule has 1 aliphatic rings. The van der Waals surface area contributed by atoms with Crippen molar-refractivity contribution in [3.05, 3.63) is 22.4 Å². The smallest absolute Gasteiger partial charge is 0.407 e. The third-order valence-electron chi connectivity index (χ3n) is 3.43. The SMILES string of the molecule is CC(C)(C)OC(=O)N[C@H]1CC[C@@H](Oc2ccc(CO)nc2Br)C1. The van der Waals surface area contributed by atoms with Crippen molar-refractivity contribution in [2.45, 2.75) is 64.4 Å². The van der Waals surface area contributed by atoms with E-state index in [2.05, 4.69) is 26.2 Å². The number of ether oxygens (including phenoxy) is 2. The highest BCUT2D eigenvalue weighted by Gasteiger charge is 2.29. The molecule has 7 heteroatoms. The Labute approximate surface area is 144 Å². The summed E-state index contributed by atoms with van der Waals surface area (Å²) in [6, 6.07) is 3.57. The molecule has 1 fully saturated rings. The highest BCUT2D eigenvalue weighted by Crippen LogP contribution is 2.29. The highest BCUT2D eigenvalue weighted by atomic mass is 79.9. The number of nitrogens with zero attached hydrogens (tertiary/aromatic N) is 1. The molecule has 1 heterocycles. The standard InChI is InChI=1S/C16H23BrN2O4/c1-16(2,3)23-15(21)19-10-4-6-12(8-10)22-13-7-5-11(9-20)18-14(13)17/h5,7,10,12,20H,4,6,8-9H2,1-3H3,(H,19,21)/t10-,12+/m0/s1. The van der Waals surface area contributed by atoms with Crippen molar-refractivity contribution in [3.8, 4) is 5.75 Å². The van der Waals surface area contributed by atoms with Crippen molar-refractivity contribution < 1.29 is 19.4 Å². The molecular weight excluding hydrogens is 364 g/mol. The molecule has 1 aromatic heterocycles. The number of aromatic nitrogens is 1. The minimum atomic E-state index is -0.496. The summed E-state index contributed by atoms with van der Waals surface area (Å²) in [4.78, 5) is 16.0. The van der Waals surface area contributed by atoms with E-state index >= 15 is 0 Å². The maximum atomic E-state index is 11.8. The van der Waals surface area contributed by atoms with Crippen LogP contribution in [0.5, 0.6) is 5.75 Å². The van der Waals surface area contributed by atoms with Crippen molar-refractivity contribution in [1.29, 1.82) is 0 Å². The number of pyridine rings is 1. The quantitative estimate of drug-likeness (QED) is 0.776. The predicted octanol–water partition coefficient (Wildman–Crippen LogP) is 3.16. The molecule has 0 spiro atoms. The van der Waals surface area contributed by atoms with Crippen molar-refractivity contribution >= 4 is 22.0 Å². The number of hydrogen-bond acceptors (Lipinski definition) is 5. The molecule has 1 amide bonds. The Hall–Kier alpha value is -1.34. The Morgan fingerprint density at radius 1 is 1.43 bits per heavy atom. The first-order chi connectivity index (χ1) is 10.8. The van der Waals surface area contributed by atoms with E-state index in [1.54, 1.807) is 12.1 Å². The van der Waals surface area contributed by atoms with E-state index in [0.717, 1.165) is 19.3 Å². The Bertz CT molecular complexity index is 560. The number of nitrogens with one attached hydrogen (secondary N) is 1. The van der Waals surface area contributed by atoms with Gasteiger partial charge in [-0.15, -0.1) is 0 Å². The summed E-state index contributed by atoms with van der Waals surface area (Å²) in [6.07, 6.45) is 2.07. The first kappa shape index (κ1) is 18.0. The second kappa shape index (κ2) is 7.49. The number of halogens is 1. The molecule has 2 rings (SSSR count). The lowest BCUT2D eigenvalue weighted by Crippen LogP contribution is -2.38. The molecule has 1 aliphatic carbocycles. The molecule has 6 nitrogen and oxygen atoms in total. The Balaban J connectivity index is 1.85. The number of rotatable bonds is 4.